The molecule has 0 bridgehead atoms. The monoisotopic (exact) mass is 536 g/mol. The molecule has 4 aliphatic rings. The summed E-state index contributed by atoms with van der Waals surface area (Å²) in [5, 5.41) is 6.30. The van der Waals surface area contributed by atoms with E-state index in [1.807, 2.05) is 7.05 Å². The van der Waals surface area contributed by atoms with Crippen LogP contribution in [0, 0.1) is 11.3 Å². The van der Waals surface area contributed by atoms with Gasteiger partial charge >= 0.3 is 0 Å². The molecule has 2 amide bonds. The number of anilines is 4. The molecule has 0 radical (unpaired) electrons. The van der Waals surface area contributed by atoms with Crippen molar-refractivity contribution in [1.82, 2.24) is 15.3 Å². The zero-order valence-electron chi connectivity index (χ0n) is 22.7. The lowest BCUT2D eigenvalue weighted by Crippen LogP contribution is -2.41. The third-order valence-corrected chi connectivity index (χ3v) is 9.04. The van der Waals surface area contributed by atoms with Gasteiger partial charge in [0.1, 0.15) is 11.4 Å². The van der Waals surface area contributed by atoms with Crippen LogP contribution in [0.5, 0.6) is 5.75 Å². The maximum atomic E-state index is 13.3. The largest absolute Gasteiger partial charge is 0.495 e. The molecule has 1 aromatic carbocycles. The first-order valence-electron chi connectivity index (χ1n) is 14.1. The third-order valence-electron chi connectivity index (χ3n) is 9.04. The van der Waals surface area contributed by atoms with E-state index in [1.165, 1.54) is 12.8 Å². The van der Waals surface area contributed by atoms with Gasteiger partial charge in [0, 0.05) is 31.2 Å². The van der Waals surface area contributed by atoms with Crippen LogP contribution in [0.25, 0.3) is 0 Å². The zero-order chi connectivity index (χ0) is 27.1. The summed E-state index contributed by atoms with van der Waals surface area (Å²) in [6.07, 6.45) is 10.4. The van der Waals surface area contributed by atoms with E-state index in [0.717, 1.165) is 50.0 Å². The number of carbonyl (C=O) groups excluding carboxylic acids is 2. The van der Waals surface area contributed by atoms with Gasteiger partial charge in [-0.1, -0.05) is 12.8 Å². The lowest BCUT2D eigenvalue weighted by Gasteiger charge is -2.31. The molecule has 6 rings (SSSR count). The number of alkyl halides is 1. The van der Waals surface area contributed by atoms with Crippen LogP contribution >= 0.6 is 0 Å². The molecule has 1 spiro atoms. The van der Waals surface area contributed by atoms with Crippen molar-refractivity contribution in [3.63, 3.8) is 0 Å². The molecule has 3 fully saturated rings. The number of nitrogens with zero attached hydrogens (tertiary/aromatic N) is 4. The predicted molar refractivity (Wildman–Crippen MR) is 148 cm³/mol. The highest BCUT2D eigenvalue weighted by Gasteiger charge is 2.55. The fourth-order valence-corrected chi connectivity index (χ4v) is 6.52. The Morgan fingerprint density at radius 3 is 2.69 bits per heavy atom. The van der Waals surface area contributed by atoms with E-state index < -0.39 is 0 Å². The second-order valence-corrected chi connectivity index (χ2v) is 11.7. The molecular weight excluding hydrogens is 499 g/mol. The molecule has 2 heterocycles. The van der Waals surface area contributed by atoms with Crippen LogP contribution in [-0.4, -0.2) is 61.2 Å². The SMILES string of the molecule is COc1cc(C(=O)N[C@@H]2CCC(CF)C2)ccc1Nc1ncc2c(n1)N(C1CCCC1)CC1(CC1)C(=O)N2C. The van der Waals surface area contributed by atoms with Crippen molar-refractivity contribution in [1.29, 1.82) is 0 Å². The number of amides is 2. The Labute approximate surface area is 228 Å². The number of methoxy groups -OCH3 is 1. The van der Waals surface area contributed by atoms with Gasteiger partial charge in [-0.2, -0.15) is 4.98 Å². The van der Waals surface area contributed by atoms with Gasteiger partial charge in [0.15, 0.2) is 5.82 Å². The van der Waals surface area contributed by atoms with Crippen LogP contribution in [0.15, 0.2) is 24.4 Å². The number of ether oxygens (including phenoxy) is 1. The fraction of sp³-hybridized carbons (Fsp3) is 0.586. The van der Waals surface area contributed by atoms with E-state index in [-0.39, 0.29) is 35.9 Å². The van der Waals surface area contributed by atoms with E-state index in [4.69, 9.17) is 9.72 Å². The van der Waals surface area contributed by atoms with Gasteiger partial charge in [-0.15, -0.1) is 0 Å². The van der Waals surface area contributed by atoms with E-state index in [1.54, 1.807) is 36.4 Å². The minimum absolute atomic E-state index is 0.00220. The molecule has 1 unspecified atom stereocenters. The Morgan fingerprint density at radius 2 is 2.00 bits per heavy atom. The van der Waals surface area contributed by atoms with Gasteiger partial charge in [0.05, 0.1) is 31.1 Å². The van der Waals surface area contributed by atoms with Gasteiger partial charge in [-0.25, -0.2) is 4.98 Å². The van der Waals surface area contributed by atoms with E-state index in [0.29, 0.717) is 42.0 Å². The molecular formula is C29H37FN6O3. The Hall–Kier alpha value is -3.43. The molecule has 2 N–H and O–H groups in total. The summed E-state index contributed by atoms with van der Waals surface area (Å²) >= 11 is 0. The third kappa shape index (κ3) is 4.89. The van der Waals surface area contributed by atoms with Crippen molar-refractivity contribution in [3.8, 4) is 5.75 Å². The average Bonchev–Trinajstić information content (AvgIpc) is 3.33. The van der Waals surface area contributed by atoms with Gasteiger partial charge in [0.2, 0.25) is 11.9 Å². The van der Waals surface area contributed by atoms with E-state index >= 15 is 0 Å². The van der Waals surface area contributed by atoms with Crippen molar-refractivity contribution >= 4 is 35.0 Å². The first-order valence-corrected chi connectivity index (χ1v) is 14.1. The second-order valence-electron chi connectivity index (χ2n) is 11.7. The molecule has 10 heteroatoms. The smallest absolute Gasteiger partial charge is 0.251 e. The molecule has 208 valence electrons. The Bertz CT molecular complexity index is 1260. The number of carbonyl (C=O) groups is 2. The summed E-state index contributed by atoms with van der Waals surface area (Å²) in [5.41, 5.74) is 1.54. The lowest BCUT2D eigenvalue weighted by atomic mass is 10.0. The fourth-order valence-electron chi connectivity index (χ4n) is 6.52. The topological polar surface area (TPSA) is 99.7 Å². The van der Waals surface area contributed by atoms with E-state index in [9.17, 15) is 14.0 Å². The van der Waals surface area contributed by atoms with E-state index in [2.05, 4.69) is 20.5 Å². The van der Waals surface area contributed by atoms with Crippen LogP contribution in [0.3, 0.4) is 0 Å². The molecule has 39 heavy (non-hydrogen) atoms. The van der Waals surface area contributed by atoms with Crippen molar-refractivity contribution in [2.45, 2.75) is 69.9 Å². The van der Waals surface area contributed by atoms with Crippen LogP contribution in [0.4, 0.5) is 27.5 Å². The molecule has 1 aliphatic heterocycles. The molecule has 1 aromatic heterocycles. The standard InChI is InChI=1S/C29H37FN6O3/c1-35-23-16-31-28(34-25(23)36(21-5-3-4-6-21)17-29(11-12-29)27(35)38)33-22-10-8-19(14-24(22)39-2)26(37)32-20-9-7-18(13-20)15-30/h8,10,14,16,18,20-21H,3-7,9,11-13,15,17H2,1-2H3,(H,32,37)(H,31,33,34)/t18?,20-/m1/s1. The van der Waals surface area contributed by atoms with Crippen LogP contribution in [0.1, 0.15) is 68.1 Å². The Balaban J connectivity index is 1.24. The van der Waals surface area contributed by atoms with Crippen LogP contribution in [-0.2, 0) is 4.79 Å². The van der Waals surface area contributed by atoms with Gasteiger partial charge in [0.25, 0.3) is 5.91 Å². The molecule has 9 nitrogen and oxygen atoms in total. The van der Waals surface area contributed by atoms with Gasteiger partial charge < -0.3 is 25.2 Å². The second kappa shape index (κ2) is 10.3. The summed E-state index contributed by atoms with van der Waals surface area (Å²) in [4.78, 5) is 39.7. The summed E-state index contributed by atoms with van der Waals surface area (Å²) < 4.78 is 18.6. The number of nitrogens with one attached hydrogen (secondary N) is 2. The number of aromatic nitrogens is 2. The van der Waals surface area contributed by atoms with Gasteiger partial charge in [-0.3, -0.25) is 14.0 Å². The number of halogens is 1. The number of rotatable bonds is 7. The quantitative estimate of drug-likeness (QED) is 0.533. The first-order chi connectivity index (χ1) is 18.9. The highest BCUT2D eigenvalue weighted by atomic mass is 19.1. The number of hydrogen-bond donors (Lipinski definition) is 2. The summed E-state index contributed by atoms with van der Waals surface area (Å²) in [6.45, 7) is 0.363. The number of hydrogen-bond acceptors (Lipinski definition) is 7. The van der Waals surface area contributed by atoms with Crippen LogP contribution < -0.4 is 25.2 Å². The molecule has 0 saturated heterocycles. The highest BCUT2D eigenvalue weighted by Crippen LogP contribution is 2.52. The Kier molecular flexibility index (Phi) is 6.81. The van der Waals surface area contributed by atoms with Gasteiger partial charge in [-0.05, 0) is 69.1 Å². The summed E-state index contributed by atoms with van der Waals surface area (Å²) in [6, 6.07) is 5.58. The number of fused-ring (bicyclic) bond motifs is 1. The average molecular weight is 537 g/mol. The minimum Gasteiger partial charge on any atom is -0.495 e. The highest BCUT2D eigenvalue weighted by molar-refractivity contribution is 6.03. The number of benzene rings is 1. The first kappa shape index (κ1) is 25.8. The minimum atomic E-state index is -0.336. The molecule has 3 aliphatic carbocycles. The Morgan fingerprint density at radius 1 is 1.21 bits per heavy atom. The molecule has 3 saturated carbocycles. The van der Waals surface area contributed by atoms with Crippen molar-refractivity contribution in [2.24, 2.45) is 11.3 Å². The van der Waals surface area contributed by atoms with Crippen molar-refractivity contribution in [2.75, 3.05) is 42.5 Å². The summed E-state index contributed by atoms with van der Waals surface area (Å²) in [7, 11) is 3.38. The van der Waals surface area contributed by atoms with Crippen molar-refractivity contribution in [3.05, 3.63) is 30.0 Å². The lowest BCUT2D eigenvalue weighted by molar-refractivity contribution is -0.122. The predicted octanol–water partition coefficient (Wildman–Crippen LogP) is 4.60. The summed E-state index contributed by atoms with van der Waals surface area (Å²) in [5.74, 6) is 1.68. The molecule has 2 atom stereocenters. The maximum Gasteiger partial charge on any atom is 0.251 e. The van der Waals surface area contributed by atoms with Crippen LogP contribution in [0.2, 0.25) is 0 Å². The maximum absolute atomic E-state index is 13.3. The zero-order valence-corrected chi connectivity index (χ0v) is 22.7. The normalized spacial score (nSPS) is 24.0. The molecule has 2 aromatic rings. The van der Waals surface area contributed by atoms with Crippen molar-refractivity contribution < 1.29 is 18.7 Å².